The fourth-order valence-corrected chi connectivity index (χ4v) is 1.61. The molecule has 0 aromatic carbocycles. The van der Waals surface area contributed by atoms with Crippen LogP contribution in [0.3, 0.4) is 0 Å². The molecule has 0 bridgehead atoms. The molecule has 1 aliphatic rings. The van der Waals surface area contributed by atoms with Crippen LogP contribution >= 0.6 is 0 Å². The summed E-state index contributed by atoms with van der Waals surface area (Å²) in [6.45, 7) is 2.35. The quantitative estimate of drug-likeness (QED) is 0.747. The Morgan fingerprint density at radius 3 is 2.21 bits per heavy atom. The molecule has 14 heavy (non-hydrogen) atoms. The van der Waals surface area contributed by atoms with Crippen molar-refractivity contribution in [1.82, 2.24) is 4.90 Å². The lowest BCUT2D eigenvalue weighted by molar-refractivity contribution is -0.147. The number of nitrogens with zero attached hydrogens (tertiary/aromatic N) is 1. The summed E-state index contributed by atoms with van der Waals surface area (Å²) in [5.41, 5.74) is 5.51. The highest BCUT2D eigenvalue weighted by Gasteiger charge is 2.43. The van der Waals surface area contributed by atoms with Gasteiger partial charge in [-0.1, -0.05) is 6.92 Å². The van der Waals surface area contributed by atoms with E-state index in [-0.39, 0.29) is 5.41 Å². The molecule has 0 spiro atoms. The highest BCUT2D eigenvalue weighted by molar-refractivity contribution is 4.96. The van der Waals surface area contributed by atoms with Gasteiger partial charge in [-0.2, -0.15) is 13.2 Å². The zero-order chi connectivity index (χ0) is 10.8. The number of hydrogen-bond acceptors (Lipinski definition) is 2. The maximum Gasteiger partial charge on any atom is 0.401 e. The molecule has 1 aliphatic carbocycles. The number of hydrogen-bond donors (Lipinski definition) is 1. The van der Waals surface area contributed by atoms with Crippen molar-refractivity contribution >= 4 is 0 Å². The Bertz CT molecular complexity index is 187. The van der Waals surface area contributed by atoms with E-state index in [1.165, 1.54) is 4.90 Å². The Balaban J connectivity index is 2.39. The van der Waals surface area contributed by atoms with E-state index in [4.69, 9.17) is 5.73 Å². The molecule has 0 saturated heterocycles. The van der Waals surface area contributed by atoms with Crippen molar-refractivity contribution < 1.29 is 13.2 Å². The van der Waals surface area contributed by atoms with Crippen LogP contribution in [0.4, 0.5) is 13.2 Å². The van der Waals surface area contributed by atoms with Crippen molar-refractivity contribution in [2.24, 2.45) is 11.1 Å². The molecule has 0 radical (unpaired) electrons. The molecular formula is C9H17F3N2. The third-order valence-electron chi connectivity index (χ3n) is 2.80. The molecule has 0 aromatic heterocycles. The molecule has 0 aromatic rings. The van der Waals surface area contributed by atoms with E-state index >= 15 is 0 Å². The first-order valence-electron chi connectivity index (χ1n) is 4.90. The number of nitrogens with two attached hydrogens (primary N) is 1. The minimum Gasteiger partial charge on any atom is -0.330 e. The molecule has 0 amide bonds. The van der Waals surface area contributed by atoms with Crippen LogP contribution in [-0.4, -0.2) is 37.3 Å². The van der Waals surface area contributed by atoms with Crippen LogP contribution in [0.25, 0.3) is 0 Å². The Kier molecular flexibility index (Phi) is 3.42. The molecule has 0 atom stereocenters. The molecule has 0 aliphatic heterocycles. The lowest BCUT2D eigenvalue weighted by atomic mass is 10.1. The van der Waals surface area contributed by atoms with Crippen molar-refractivity contribution in [2.75, 3.05) is 26.2 Å². The van der Waals surface area contributed by atoms with Gasteiger partial charge in [0.05, 0.1) is 6.54 Å². The predicted octanol–water partition coefficient (Wildman–Crippen LogP) is 1.61. The number of alkyl halides is 3. The SMILES string of the molecule is CCN(CC(F)(F)F)CC1(CN)CC1. The second-order valence-corrected chi connectivity index (χ2v) is 4.12. The van der Waals surface area contributed by atoms with Gasteiger partial charge in [0, 0.05) is 6.54 Å². The average molecular weight is 210 g/mol. The summed E-state index contributed by atoms with van der Waals surface area (Å²) in [5, 5.41) is 0. The second kappa shape index (κ2) is 4.06. The van der Waals surface area contributed by atoms with Gasteiger partial charge in [-0.15, -0.1) is 0 Å². The summed E-state index contributed by atoms with van der Waals surface area (Å²) in [6, 6.07) is 0. The summed E-state index contributed by atoms with van der Waals surface area (Å²) < 4.78 is 36.4. The van der Waals surface area contributed by atoms with Crippen molar-refractivity contribution in [2.45, 2.75) is 25.9 Å². The molecule has 1 rings (SSSR count). The molecular weight excluding hydrogens is 193 g/mol. The van der Waals surface area contributed by atoms with Crippen LogP contribution in [0.15, 0.2) is 0 Å². The van der Waals surface area contributed by atoms with Crippen molar-refractivity contribution in [1.29, 1.82) is 0 Å². The third-order valence-corrected chi connectivity index (χ3v) is 2.80. The van der Waals surface area contributed by atoms with Gasteiger partial charge in [0.15, 0.2) is 0 Å². The molecule has 2 nitrogen and oxygen atoms in total. The first-order chi connectivity index (χ1) is 6.41. The summed E-state index contributed by atoms with van der Waals surface area (Å²) in [7, 11) is 0. The maximum atomic E-state index is 12.1. The predicted molar refractivity (Wildman–Crippen MR) is 48.9 cm³/mol. The molecule has 5 heteroatoms. The molecule has 0 unspecified atom stereocenters. The average Bonchev–Trinajstić information content (AvgIpc) is 2.82. The van der Waals surface area contributed by atoms with E-state index in [1.807, 2.05) is 0 Å². The molecule has 2 N–H and O–H groups in total. The molecule has 0 heterocycles. The highest BCUT2D eigenvalue weighted by Crippen LogP contribution is 2.45. The number of rotatable bonds is 5. The third kappa shape index (κ3) is 3.46. The van der Waals surface area contributed by atoms with Crippen LogP contribution < -0.4 is 5.73 Å². The zero-order valence-electron chi connectivity index (χ0n) is 8.40. The minimum atomic E-state index is -4.10. The molecule has 1 saturated carbocycles. The first kappa shape index (κ1) is 11.8. The van der Waals surface area contributed by atoms with E-state index in [2.05, 4.69) is 0 Å². The normalized spacial score (nSPS) is 20.1. The largest absolute Gasteiger partial charge is 0.401 e. The monoisotopic (exact) mass is 210 g/mol. The van der Waals surface area contributed by atoms with Gasteiger partial charge in [0.2, 0.25) is 0 Å². The van der Waals surface area contributed by atoms with E-state index in [1.54, 1.807) is 6.92 Å². The van der Waals surface area contributed by atoms with Gasteiger partial charge in [-0.3, -0.25) is 4.90 Å². The smallest absolute Gasteiger partial charge is 0.330 e. The summed E-state index contributed by atoms with van der Waals surface area (Å²) in [5.74, 6) is 0. The summed E-state index contributed by atoms with van der Waals surface area (Å²) in [6.07, 6.45) is -2.16. The second-order valence-electron chi connectivity index (χ2n) is 4.12. The van der Waals surface area contributed by atoms with Gasteiger partial charge in [-0.05, 0) is 31.3 Å². The Morgan fingerprint density at radius 2 is 1.93 bits per heavy atom. The van der Waals surface area contributed by atoms with Crippen LogP contribution in [0.5, 0.6) is 0 Å². The summed E-state index contributed by atoms with van der Waals surface area (Å²) >= 11 is 0. The Labute approximate surface area is 82.2 Å². The number of halogens is 3. The maximum absolute atomic E-state index is 12.1. The Morgan fingerprint density at radius 1 is 1.36 bits per heavy atom. The van der Waals surface area contributed by atoms with Gasteiger partial charge in [0.1, 0.15) is 0 Å². The van der Waals surface area contributed by atoms with Crippen LogP contribution in [-0.2, 0) is 0 Å². The van der Waals surface area contributed by atoms with Crippen LogP contribution in [0, 0.1) is 5.41 Å². The lowest BCUT2D eigenvalue weighted by Gasteiger charge is -2.26. The lowest BCUT2D eigenvalue weighted by Crippen LogP contribution is -2.40. The van der Waals surface area contributed by atoms with Crippen LogP contribution in [0.2, 0.25) is 0 Å². The fraction of sp³-hybridized carbons (Fsp3) is 1.00. The van der Waals surface area contributed by atoms with E-state index in [0.29, 0.717) is 19.6 Å². The van der Waals surface area contributed by atoms with Gasteiger partial charge < -0.3 is 5.73 Å². The van der Waals surface area contributed by atoms with Gasteiger partial charge in [0.25, 0.3) is 0 Å². The highest BCUT2D eigenvalue weighted by atomic mass is 19.4. The topological polar surface area (TPSA) is 29.3 Å². The van der Waals surface area contributed by atoms with E-state index < -0.39 is 12.7 Å². The molecule has 84 valence electrons. The van der Waals surface area contributed by atoms with E-state index in [0.717, 1.165) is 12.8 Å². The standard InChI is InChI=1S/C9H17F3N2/c1-2-14(7-9(10,11)12)6-8(5-13)3-4-8/h2-7,13H2,1H3. The van der Waals surface area contributed by atoms with Gasteiger partial charge in [-0.25, -0.2) is 0 Å². The molecule has 1 fully saturated rings. The van der Waals surface area contributed by atoms with Crippen molar-refractivity contribution in [3.63, 3.8) is 0 Å². The Hall–Kier alpha value is -0.290. The zero-order valence-corrected chi connectivity index (χ0v) is 8.40. The van der Waals surface area contributed by atoms with Crippen LogP contribution in [0.1, 0.15) is 19.8 Å². The van der Waals surface area contributed by atoms with Gasteiger partial charge >= 0.3 is 6.18 Å². The van der Waals surface area contributed by atoms with Crippen molar-refractivity contribution in [3.05, 3.63) is 0 Å². The summed E-state index contributed by atoms with van der Waals surface area (Å²) in [4.78, 5) is 1.43. The first-order valence-corrected chi connectivity index (χ1v) is 4.90. The van der Waals surface area contributed by atoms with Crippen molar-refractivity contribution in [3.8, 4) is 0 Å². The fourth-order valence-electron chi connectivity index (χ4n) is 1.61. The van der Waals surface area contributed by atoms with E-state index in [9.17, 15) is 13.2 Å². The minimum absolute atomic E-state index is 0.0126.